The van der Waals surface area contributed by atoms with Gasteiger partial charge in [-0.25, -0.2) is 0 Å². The van der Waals surface area contributed by atoms with Gasteiger partial charge in [0.15, 0.2) is 0 Å². The predicted octanol–water partition coefficient (Wildman–Crippen LogP) is 2.76. The van der Waals surface area contributed by atoms with Crippen LogP contribution in [-0.4, -0.2) is 24.4 Å². The van der Waals surface area contributed by atoms with Crippen LogP contribution in [0, 0.1) is 11.8 Å². The molecule has 1 fully saturated rings. The molecule has 1 aliphatic heterocycles. The Bertz CT molecular complexity index is 491. The van der Waals surface area contributed by atoms with E-state index in [1.165, 1.54) is 0 Å². The summed E-state index contributed by atoms with van der Waals surface area (Å²) in [6, 6.07) is 7.94. The van der Waals surface area contributed by atoms with Crippen LogP contribution >= 0.6 is 11.6 Å². The van der Waals surface area contributed by atoms with Crippen molar-refractivity contribution >= 4 is 17.5 Å². The first-order valence-electron chi connectivity index (χ1n) is 7.35. The van der Waals surface area contributed by atoms with Crippen molar-refractivity contribution in [2.75, 3.05) is 13.2 Å². The third-order valence-electron chi connectivity index (χ3n) is 4.29. The fourth-order valence-corrected chi connectivity index (χ4v) is 3.46. The Morgan fingerprint density at radius 2 is 2.20 bits per heavy atom. The summed E-state index contributed by atoms with van der Waals surface area (Å²) >= 11 is 6.09. The lowest BCUT2D eigenvalue weighted by molar-refractivity contribution is -0.126. The van der Waals surface area contributed by atoms with Crippen LogP contribution in [0.1, 0.15) is 24.8 Å². The minimum atomic E-state index is -0.0712. The van der Waals surface area contributed by atoms with Gasteiger partial charge in [0.05, 0.1) is 5.92 Å². The lowest BCUT2D eigenvalue weighted by Crippen LogP contribution is -2.39. The zero-order valence-electron chi connectivity index (χ0n) is 11.5. The fourth-order valence-electron chi connectivity index (χ4n) is 3.09. The number of carbonyl (C=O) groups excluding carboxylic acids is 1. The van der Waals surface area contributed by atoms with Crippen molar-refractivity contribution in [2.24, 2.45) is 11.8 Å². The summed E-state index contributed by atoms with van der Waals surface area (Å²) in [6.07, 6.45) is 3.98. The van der Waals surface area contributed by atoms with Gasteiger partial charge in [-0.2, -0.15) is 0 Å². The topological polar surface area (TPSA) is 38.3 Å². The maximum Gasteiger partial charge on any atom is 0.226 e. The van der Waals surface area contributed by atoms with Crippen molar-refractivity contribution in [3.63, 3.8) is 0 Å². The van der Waals surface area contributed by atoms with E-state index in [1.807, 2.05) is 24.3 Å². The Hall–Kier alpha value is -1.22. The molecular weight excluding hydrogens is 274 g/mol. The number of nitrogens with one attached hydrogen (secondary N) is 1. The number of halogens is 1. The molecule has 3 unspecified atom stereocenters. The maximum absolute atomic E-state index is 12.2. The summed E-state index contributed by atoms with van der Waals surface area (Å²) in [5, 5.41) is 3.36. The molecule has 3 atom stereocenters. The second kappa shape index (κ2) is 6.04. The SMILES string of the molecule is O=C(NCC1CCC(Cl)C1)C1COc2ccccc2C1. The smallest absolute Gasteiger partial charge is 0.226 e. The summed E-state index contributed by atoms with van der Waals surface area (Å²) in [7, 11) is 0. The number of benzene rings is 1. The molecule has 4 heteroatoms. The molecule has 2 aliphatic rings. The molecule has 1 saturated carbocycles. The number of hydrogen-bond donors (Lipinski definition) is 1. The molecule has 1 aliphatic carbocycles. The normalized spacial score (nSPS) is 28.6. The van der Waals surface area contributed by atoms with Gasteiger partial charge in [0, 0.05) is 11.9 Å². The van der Waals surface area contributed by atoms with E-state index in [9.17, 15) is 4.79 Å². The van der Waals surface area contributed by atoms with E-state index in [1.54, 1.807) is 0 Å². The van der Waals surface area contributed by atoms with Gasteiger partial charge >= 0.3 is 0 Å². The van der Waals surface area contributed by atoms with Gasteiger partial charge in [-0.3, -0.25) is 4.79 Å². The van der Waals surface area contributed by atoms with Gasteiger partial charge in [0.25, 0.3) is 0 Å². The third-order valence-corrected chi connectivity index (χ3v) is 4.69. The Morgan fingerprint density at radius 1 is 1.35 bits per heavy atom. The monoisotopic (exact) mass is 293 g/mol. The Kier molecular flexibility index (Phi) is 4.16. The summed E-state index contributed by atoms with van der Waals surface area (Å²) < 4.78 is 5.66. The highest BCUT2D eigenvalue weighted by Gasteiger charge is 2.27. The van der Waals surface area contributed by atoms with Gasteiger partial charge in [-0.15, -0.1) is 11.6 Å². The van der Waals surface area contributed by atoms with E-state index in [0.29, 0.717) is 17.9 Å². The zero-order chi connectivity index (χ0) is 13.9. The molecule has 1 N–H and O–H groups in total. The molecule has 0 aromatic heterocycles. The summed E-state index contributed by atoms with van der Waals surface area (Å²) in [4.78, 5) is 12.2. The van der Waals surface area contributed by atoms with E-state index >= 15 is 0 Å². The van der Waals surface area contributed by atoms with Crippen molar-refractivity contribution in [1.29, 1.82) is 0 Å². The Morgan fingerprint density at radius 3 is 3.00 bits per heavy atom. The van der Waals surface area contributed by atoms with Crippen molar-refractivity contribution in [3.8, 4) is 5.75 Å². The van der Waals surface area contributed by atoms with E-state index in [2.05, 4.69) is 5.32 Å². The number of hydrogen-bond acceptors (Lipinski definition) is 2. The van der Waals surface area contributed by atoms with Crippen LogP contribution in [0.3, 0.4) is 0 Å². The maximum atomic E-state index is 12.2. The highest BCUT2D eigenvalue weighted by atomic mass is 35.5. The van der Waals surface area contributed by atoms with Crippen LogP contribution in [0.5, 0.6) is 5.75 Å². The lowest BCUT2D eigenvalue weighted by atomic mass is 9.96. The standard InChI is InChI=1S/C16H20ClNO2/c17-14-6-5-11(7-14)9-18-16(19)13-8-12-3-1-2-4-15(12)20-10-13/h1-4,11,13-14H,5-10H2,(H,18,19). The van der Waals surface area contributed by atoms with Crippen LogP contribution in [0.25, 0.3) is 0 Å². The van der Waals surface area contributed by atoms with Crippen molar-refractivity contribution < 1.29 is 9.53 Å². The molecule has 0 spiro atoms. The minimum absolute atomic E-state index is 0.0712. The van der Waals surface area contributed by atoms with E-state index < -0.39 is 0 Å². The summed E-state index contributed by atoms with van der Waals surface area (Å²) in [5.74, 6) is 1.49. The fraction of sp³-hybridized carbons (Fsp3) is 0.562. The molecule has 0 bridgehead atoms. The van der Waals surface area contributed by atoms with Crippen molar-refractivity contribution in [1.82, 2.24) is 5.32 Å². The summed E-state index contributed by atoms with van der Waals surface area (Å²) in [6.45, 7) is 1.23. The van der Waals surface area contributed by atoms with Crippen molar-refractivity contribution in [2.45, 2.75) is 31.1 Å². The number of ether oxygens (including phenoxy) is 1. The average Bonchev–Trinajstić information content (AvgIpc) is 2.90. The quantitative estimate of drug-likeness (QED) is 0.870. The van der Waals surface area contributed by atoms with Gasteiger partial charge in [0.2, 0.25) is 5.91 Å². The van der Waals surface area contributed by atoms with Gasteiger partial charge in [-0.1, -0.05) is 18.2 Å². The number of carbonyl (C=O) groups is 1. The molecule has 1 aromatic rings. The molecule has 0 radical (unpaired) electrons. The second-order valence-electron chi connectivity index (χ2n) is 5.84. The van der Waals surface area contributed by atoms with Gasteiger partial charge < -0.3 is 10.1 Å². The predicted molar refractivity (Wildman–Crippen MR) is 79.1 cm³/mol. The van der Waals surface area contributed by atoms with Gasteiger partial charge in [0.1, 0.15) is 12.4 Å². The van der Waals surface area contributed by atoms with Crippen LogP contribution in [0.4, 0.5) is 0 Å². The highest BCUT2D eigenvalue weighted by Crippen LogP contribution is 2.29. The molecule has 1 amide bonds. The summed E-state index contributed by atoms with van der Waals surface area (Å²) in [5.41, 5.74) is 1.13. The average molecular weight is 294 g/mol. The largest absolute Gasteiger partial charge is 0.492 e. The van der Waals surface area contributed by atoms with Crippen LogP contribution in [0.2, 0.25) is 0 Å². The first kappa shape index (κ1) is 13.7. The number of rotatable bonds is 3. The lowest BCUT2D eigenvalue weighted by Gasteiger charge is -2.25. The highest BCUT2D eigenvalue weighted by molar-refractivity contribution is 6.20. The van der Waals surface area contributed by atoms with Crippen LogP contribution in [0.15, 0.2) is 24.3 Å². The minimum Gasteiger partial charge on any atom is -0.492 e. The first-order chi connectivity index (χ1) is 9.72. The molecule has 1 aromatic carbocycles. The molecule has 1 heterocycles. The number of alkyl halides is 1. The third kappa shape index (κ3) is 3.09. The molecular formula is C16H20ClNO2. The first-order valence-corrected chi connectivity index (χ1v) is 7.78. The van der Waals surface area contributed by atoms with Crippen LogP contribution in [-0.2, 0) is 11.2 Å². The number of amides is 1. The molecule has 108 valence electrons. The molecule has 0 saturated heterocycles. The number of fused-ring (bicyclic) bond motifs is 1. The van der Waals surface area contributed by atoms with Gasteiger partial charge in [-0.05, 0) is 43.2 Å². The van der Waals surface area contributed by atoms with E-state index in [4.69, 9.17) is 16.3 Å². The Labute approximate surface area is 124 Å². The van der Waals surface area contributed by atoms with E-state index in [-0.39, 0.29) is 11.8 Å². The van der Waals surface area contributed by atoms with E-state index in [0.717, 1.165) is 43.5 Å². The number of para-hydroxylation sites is 1. The molecule has 3 nitrogen and oxygen atoms in total. The second-order valence-corrected chi connectivity index (χ2v) is 6.46. The van der Waals surface area contributed by atoms with Crippen molar-refractivity contribution in [3.05, 3.63) is 29.8 Å². The zero-order valence-corrected chi connectivity index (χ0v) is 12.2. The molecule has 3 rings (SSSR count). The Balaban J connectivity index is 1.51. The molecule has 20 heavy (non-hydrogen) atoms. The van der Waals surface area contributed by atoms with Crippen LogP contribution < -0.4 is 10.1 Å².